The van der Waals surface area contributed by atoms with Crippen LogP contribution in [0.5, 0.6) is 0 Å². The molecule has 2 atom stereocenters. The summed E-state index contributed by atoms with van der Waals surface area (Å²) in [6.07, 6.45) is 3.56. The van der Waals surface area contributed by atoms with Gasteiger partial charge < -0.3 is 23.0 Å². The summed E-state index contributed by atoms with van der Waals surface area (Å²) in [4.78, 5) is 29.5. The molecule has 1 heterocycles. The molecule has 1 radical (unpaired) electrons. The normalized spacial score (nSPS) is 12.3. The summed E-state index contributed by atoms with van der Waals surface area (Å²) in [5.74, 6) is 0.0373. The fraction of sp³-hybridized carbons (Fsp3) is 0.500. The van der Waals surface area contributed by atoms with Crippen molar-refractivity contribution in [2.45, 2.75) is 39.3 Å². The molecular formula is C12H20N4O2Y-2. The van der Waals surface area contributed by atoms with Crippen LogP contribution in [0.15, 0.2) is 12.4 Å². The standard InChI is InChI=1S/C10H15N4O2.C2H5.Y/c1-6(11)10(16)14-8(7(2)15)5-9-12-3-4-13-9;1-2;/h3-4,6,8,11H,5H2,1-2H3,(H,12,13)(H,14,16);1H2,2H3;/q2*-1;/t6-,8-;;/m1../s1. The average molecular weight is 341 g/mol. The Morgan fingerprint density at radius 1 is 1.53 bits per heavy atom. The first-order valence-corrected chi connectivity index (χ1v) is 5.71. The smallest absolute Gasteiger partial charge is 0.202 e. The quantitative estimate of drug-likeness (QED) is 0.790. The zero-order valence-corrected chi connectivity index (χ0v) is 14.4. The van der Waals surface area contributed by atoms with E-state index in [0.717, 1.165) is 0 Å². The van der Waals surface area contributed by atoms with Crippen LogP contribution in [0, 0.1) is 6.92 Å². The molecule has 0 fully saturated rings. The van der Waals surface area contributed by atoms with Crippen LogP contribution in [0.1, 0.15) is 26.6 Å². The van der Waals surface area contributed by atoms with Crippen molar-refractivity contribution in [1.82, 2.24) is 15.3 Å². The molecule has 0 aliphatic rings. The number of rotatable bonds is 5. The van der Waals surface area contributed by atoms with Crippen molar-refractivity contribution >= 4 is 11.7 Å². The van der Waals surface area contributed by atoms with E-state index in [1.165, 1.54) is 13.8 Å². The van der Waals surface area contributed by atoms with Crippen LogP contribution >= 0.6 is 0 Å². The van der Waals surface area contributed by atoms with Gasteiger partial charge in [0.1, 0.15) is 5.82 Å². The second kappa shape index (κ2) is 11.3. The molecule has 0 aromatic carbocycles. The summed E-state index contributed by atoms with van der Waals surface area (Å²) in [5, 5.41) is 2.52. The number of hydrogen-bond donors (Lipinski definition) is 2. The molecule has 7 heteroatoms. The number of nitrogens with zero attached hydrogens (tertiary/aromatic N) is 1. The third-order valence-corrected chi connectivity index (χ3v) is 2.15. The van der Waals surface area contributed by atoms with E-state index in [-0.39, 0.29) is 38.5 Å². The van der Waals surface area contributed by atoms with Crippen LogP contribution < -0.4 is 5.32 Å². The fourth-order valence-corrected chi connectivity index (χ4v) is 1.20. The minimum Gasteiger partial charge on any atom is -0.667 e. The molecule has 3 N–H and O–H groups in total. The summed E-state index contributed by atoms with van der Waals surface area (Å²) in [7, 11) is 0. The van der Waals surface area contributed by atoms with E-state index in [1.54, 1.807) is 19.3 Å². The van der Waals surface area contributed by atoms with Crippen molar-refractivity contribution in [1.29, 1.82) is 0 Å². The van der Waals surface area contributed by atoms with Crippen molar-refractivity contribution in [3.8, 4) is 0 Å². The number of aromatic nitrogens is 2. The summed E-state index contributed by atoms with van der Waals surface area (Å²) < 4.78 is 0. The Kier molecular flexibility index (Phi) is 12.3. The van der Waals surface area contributed by atoms with Gasteiger partial charge in [-0.25, -0.2) is 4.98 Å². The maximum Gasteiger partial charge on any atom is 0.202 e. The average Bonchev–Trinajstić information content (AvgIpc) is 2.83. The Labute approximate surface area is 139 Å². The summed E-state index contributed by atoms with van der Waals surface area (Å²) in [6, 6.07) is -1.50. The van der Waals surface area contributed by atoms with Gasteiger partial charge in [-0.2, -0.15) is 6.92 Å². The van der Waals surface area contributed by atoms with Gasteiger partial charge in [-0.1, -0.05) is 13.0 Å². The summed E-state index contributed by atoms with van der Waals surface area (Å²) in [5.41, 5.74) is 7.22. The molecule has 19 heavy (non-hydrogen) atoms. The molecule has 1 aromatic heterocycles. The number of imidazole rings is 1. The zero-order valence-electron chi connectivity index (χ0n) is 11.6. The molecule has 0 unspecified atom stereocenters. The van der Waals surface area contributed by atoms with E-state index in [0.29, 0.717) is 12.2 Å². The first kappa shape index (κ1) is 20.7. The molecule has 0 spiro atoms. The Balaban J connectivity index is 0. The maximum absolute atomic E-state index is 11.3. The second-order valence-corrected chi connectivity index (χ2v) is 3.63. The first-order chi connectivity index (χ1) is 8.50. The number of nitrogens with one attached hydrogen (secondary N) is 3. The third kappa shape index (κ3) is 8.24. The molecule has 1 amide bonds. The van der Waals surface area contributed by atoms with E-state index in [1.807, 2.05) is 0 Å². The van der Waals surface area contributed by atoms with Gasteiger partial charge in [0.25, 0.3) is 0 Å². The van der Waals surface area contributed by atoms with Crippen LogP contribution in [-0.4, -0.2) is 33.7 Å². The third-order valence-electron chi connectivity index (χ3n) is 2.15. The minimum atomic E-state index is -0.876. The Hall–Kier alpha value is -0.586. The SMILES string of the molecule is CC(=O)[C@@H](Cc1ncc[nH]1)NC(=O)[C@@H](C)[NH-].[CH2-]C.[Y]. The van der Waals surface area contributed by atoms with Crippen LogP contribution in [0.2, 0.25) is 0 Å². The van der Waals surface area contributed by atoms with E-state index >= 15 is 0 Å². The Morgan fingerprint density at radius 2 is 2.11 bits per heavy atom. The largest absolute Gasteiger partial charge is 0.667 e. The van der Waals surface area contributed by atoms with E-state index in [4.69, 9.17) is 5.73 Å². The molecule has 0 saturated heterocycles. The van der Waals surface area contributed by atoms with Crippen LogP contribution in [0.3, 0.4) is 0 Å². The van der Waals surface area contributed by atoms with Crippen molar-refractivity contribution in [2.24, 2.45) is 0 Å². The minimum absolute atomic E-state index is 0. The van der Waals surface area contributed by atoms with E-state index < -0.39 is 18.0 Å². The number of carbonyl (C=O) groups excluding carboxylic acids is 2. The molecule has 1 rings (SSSR count). The molecule has 0 bridgehead atoms. The summed E-state index contributed by atoms with van der Waals surface area (Å²) in [6.45, 7) is 7.86. The molecule has 0 saturated carbocycles. The second-order valence-electron chi connectivity index (χ2n) is 3.63. The van der Waals surface area contributed by atoms with Crippen LogP contribution in [0.4, 0.5) is 0 Å². The van der Waals surface area contributed by atoms with Gasteiger partial charge >= 0.3 is 0 Å². The molecule has 1 aromatic rings. The predicted molar refractivity (Wildman–Crippen MR) is 69.7 cm³/mol. The van der Waals surface area contributed by atoms with Gasteiger partial charge in [0.05, 0.1) is 6.04 Å². The number of Topliss-reactive ketones (excluding diaryl/α,β-unsaturated/α-hetero) is 1. The van der Waals surface area contributed by atoms with E-state index in [2.05, 4.69) is 22.2 Å². The van der Waals surface area contributed by atoms with E-state index in [9.17, 15) is 9.59 Å². The number of hydrogen-bond acceptors (Lipinski definition) is 3. The monoisotopic (exact) mass is 341 g/mol. The van der Waals surface area contributed by atoms with Gasteiger partial charge in [-0.3, -0.25) is 9.59 Å². The van der Waals surface area contributed by atoms with Crippen LogP contribution in [0.25, 0.3) is 5.73 Å². The Bertz CT molecular complexity index is 366. The zero-order chi connectivity index (χ0) is 14.1. The van der Waals surface area contributed by atoms with Crippen molar-refractivity contribution in [3.63, 3.8) is 0 Å². The van der Waals surface area contributed by atoms with Gasteiger partial charge in [0.2, 0.25) is 5.91 Å². The maximum atomic E-state index is 11.3. The first-order valence-electron chi connectivity index (χ1n) is 5.71. The van der Waals surface area contributed by atoms with Gasteiger partial charge in [-0.15, -0.1) is 0 Å². The number of aromatic amines is 1. The molecule has 0 aliphatic carbocycles. The predicted octanol–water partition coefficient (Wildman–Crippen LogP) is 1.30. The topological polar surface area (TPSA) is 98.6 Å². The van der Waals surface area contributed by atoms with Crippen molar-refractivity contribution in [2.75, 3.05) is 0 Å². The Morgan fingerprint density at radius 3 is 2.47 bits per heavy atom. The molecule has 0 aliphatic heterocycles. The summed E-state index contributed by atoms with van der Waals surface area (Å²) >= 11 is 0. The molecular weight excluding hydrogens is 321 g/mol. The van der Waals surface area contributed by atoms with Gasteiger partial charge in [0.15, 0.2) is 5.78 Å². The number of amides is 1. The van der Waals surface area contributed by atoms with Gasteiger partial charge in [-0.05, 0) is 6.92 Å². The van der Waals surface area contributed by atoms with Crippen LogP contribution in [-0.2, 0) is 48.7 Å². The van der Waals surface area contributed by atoms with Gasteiger partial charge in [0, 0.05) is 51.5 Å². The van der Waals surface area contributed by atoms with Crippen molar-refractivity contribution in [3.05, 3.63) is 30.9 Å². The molecule has 105 valence electrons. The number of H-pyrrole nitrogens is 1. The van der Waals surface area contributed by atoms with Crippen molar-refractivity contribution < 1.29 is 42.3 Å². The fourth-order valence-electron chi connectivity index (χ4n) is 1.20. The number of ketones is 1. The number of carbonyl (C=O) groups is 2. The molecule has 6 nitrogen and oxygen atoms in total.